The lowest BCUT2D eigenvalue weighted by atomic mass is 9.85. The molecule has 0 aliphatic heterocycles. The molecule has 0 bridgehead atoms. The first kappa shape index (κ1) is 24.8. The first-order chi connectivity index (χ1) is 16.8. The second kappa shape index (κ2) is 10.5. The summed E-state index contributed by atoms with van der Waals surface area (Å²) in [4.78, 5) is 37.4. The molecule has 0 aromatic heterocycles. The highest BCUT2D eigenvalue weighted by molar-refractivity contribution is 5.90. The van der Waals surface area contributed by atoms with Crippen LogP contribution in [-0.4, -0.2) is 41.3 Å². The van der Waals surface area contributed by atoms with E-state index in [1.165, 1.54) is 0 Å². The highest BCUT2D eigenvalue weighted by Gasteiger charge is 2.38. The molecule has 4 rings (SSSR count). The third-order valence-corrected chi connectivity index (χ3v) is 7.33. The summed E-state index contributed by atoms with van der Waals surface area (Å²) in [6, 6.07) is 16.1. The summed E-state index contributed by atoms with van der Waals surface area (Å²) < 4.78 is 5.66. The van der Waals surface area contributed by atoms with Crippen molar-refractivity contribution in [3.05, 3.63) is 59.7 Å². The molecule has 7 nitrogen and oxygen atoms in total. The highest BCUT2D eigenvalue weighted by Crippen LogP contribution is 2.44. The molecule has 0 spiro atoms. The molecule has 3 atom stereocenters. The zero-order valence-corrected chi connectivity index (χ0v) is 20.4. The lowest BCUT2D eigenvalue weighted by Gasteiger charge is -2.33. The molecule has 1 saturated carbocycles. The zero-order chi connectivity index (χ0) is 25.0. The number of hydrogen-bond donors (Lipinski definition) is 3. The molecule has 3 N–H and O–H groups in total. The van der Waals surface area contributed by atoms with Gasteiger partial charge in [0.15, 0.2) is 0 Å². The van der Waals surface area contributed by atoms with E-state index in [-0.39, 0.29) is 24.5 Å². The van der Waals surface area contributed by atoms with E-state index in [1.54, 1.807) is 6.92 Å². The van der Waals surface area contributed by atoms with E-state index in [0.29, 0.717) is 25.7 Å². The number of alkyl carbamates (subject to hydrolysis) is 1. The number of nitrogens with one attached hydrogen (secondary N) is 2. The van der Waals surface area contributed by atoms with Gasteiger partial charge in [-0.1, -0.05) is 68.3 Å². The summed E-state index contributed by atoms with van der Waals surface area (Å²) in [7, 11) is 0. The van der Waals surface area contributed by atoms with Crippen molar-refractivity contribution in [1.29, 1.82) is 0 Å². The number of fused-ring (bicyclic) bond motifs is 3. The normalized spacial score (nSPS) is 20.7. The average molecular weight is 479 g/mol. The Bertz CT molecular complexity index is 1050. The predicted molar refractivity (Wildman–Crippen MR) is 133 cm³/mol. The van der Waals surface area contributed by atoms with E-state index in [2.05, 4.69) is 34.9 Å². The standard InChI is InChI=1S/C28H34N2O5/c1-3-15-28(2,26(33)29-19-10-8-9-18(16-19)25(31)32)30-27(34)35-17-24-22-13-6-4-11-20(22)21-12-5-7-14-23(21)24/h4-7,11-14,18-19,24H,3,8-10,15-17H2,1-2H3,(H,29,33)(H,30,34)(H,31,32)/t18-,19-,28?/m1/s1. The number of carbonyl (C=O) groups excluding carboxylic acids is 2. The number of carboxylic acids is 1. The Morgan fingerprint density at radius 2 is 1.66 bits per heavy atom. The van der Waals surface area contributed by atoms with Crippen LogP contribution in [0.1, 0.15) is 69.4 Å². The fraction of sp³-hybridized carbons (Fsp3) is 0.464. The lowest BCUT2D eigenvalue weighted by Crippen LogP contribution is -2.59. The van der Waals surface area contributed by atoms with Crippen LogP contribution in [0.25, 0.3) is 11.1 Å². The van der Waals surface area contributed by atoms with Crippen LogP contribution in [0.15, 0.2) is 48.5 Å². The number of carboxylic acid groups (broad SMARTS) is 1. The Hall–Kier alpha value is -3.35. The largest absolute Gasteiger partial charge is 0.481 e. The van der Waals surface area contributed by atoms with Gasteiger partial charge in [-0.3, -0.25) is 9.59 Å². The van der Waals surface area contributed by atoms with E-state index in [1.807, 2.05) is 31.2 Å². The van der Waals surface area contributed by atoms with Gasteiger partial charge in [-0.25, -0.2) is 4.79 Å². The first-order valence-electron chi connectivity index (χ1n) is 12.5. The van der Waals surface area contributed by atoms with Gasteiger partial charge in [0.1, 0.15) is 12.1 Å². The minimum absolute atomic E-state index is 0.0606. The quantitative estimate of drug-likeness (QED) is 0.503. The van der Waals surface area contributed by atoms with E-state index in [0.717, 1.165) is 35.1 Å². The van der Waals surface area contributed by atoms with Crippen molar-refractivity contribution < 1.29 is 24.2 Å². The molecular formula is C28H34N2O5. The summed E-state index contributed by atoms with van der Waals surface area (Å²) in [5.41, 5.74) is 3.41. The summed E-state index contributed by atoms with van der Waals surface area (Å²) in [5, 5.41) is 15.1. The summed E-state index contributed by atoms with van der Waals surface area (Å²) in [6.07, 6.45) is 3.04. The average Bonchev–Trinajstić information content (AvgIpc) is 3.16. The van der Waals surface area contributed by atoms with Crippen molar-refractivity contribution in [1.82, 2.24) is 10.6 Å². The smallest absolute Gasteiger partial charge is 0.408 e. The van der Waals surface area contributed by atoms with Crippen molar-refractivity contribution in [2.24, 2.45) is 5.92 Å². The number of carbonyl (C=O) groups is 3. The topological polar surface area (TPSA) is 105 Å². The van der Waals surface area contributed by atoms with Crippen molar-refractivity contribution in [3.63, 3.8) is 0 Å². The molecule has 35 heavy (non-hydrogen) atoms. The highest BCUT2D eigenvalue weighted by atomic mass is 16.5. The van der Waals surface area contributed by atoms with Gasteiger partial charge in [-0.2, -0.15) is 0 Å². The Labute approximate surface area is 206 Å². The molecule has 2 aliphatic rings. The molecule has 2 amide bonds. The second-order valence-corrected chi connectivity index (χ2v) is 9.90. The minimum atomic E-state index is -1.15. The SMILES string of the molecule is CCCC(C)(NC(=O)OCC1c2ccccc2-c2ccccc21)C(=O)N[C@@H]1CCC[C@@H](C(=O)O)C1. The Morgan fingerprint density at radius 1 is 1.03 bits per heavy atom. The maximum Gasteiger partial charge on any atom is 0.408 e. The van der Waals surface area contributed by atoms with Crippen molar-refractivity contribution in [2.45, 2.75) is 69.9 Å². The third kappa shape index (κ3) is 5.34. The van der Waals surface area contributed by atoms with E-state index >= 15 is 0 Å². The lowest BCUT2D eigenvalue weighted by molar-refractivity contribution is -0.143. The summed E-state index contributed by atoms with van der Waals surface area (Å²) in [6.45, 7) is 3.82. The van der Waals surface area contributed by atoms with Crippen LogP contribution in [0.2, 0.25) is 0 Å². The number of benzene rings is 2. The first-order valence-corrected chi connectivity index (χ1v) is 12.5. The number of rotatable bonds is 8. The Balaban J connectivity index is 1.40. The molecule has 1 fully saturated rings. The maximum absolute atomic E-state index is 13.2. The van der Waals surface area contributed by atoms with Crippen LogP contribution in [0.3, 0.4) is 0 Å². The van der Waals surface area contributed by atoms with Gasteiger partial charge >= 0.3 is 12.1 Å². The predicted octanol–water partition coefficient (Wildman–Crippen LogP) is 4.84. The summed E-state index contributed by atoms with van der Waals surface area (Å²) in [5.74, 6) is -1.63. The number of ether oxygens (including phenoxy) is 1. The molecule has 2 aromatic carbocycles. The van der Waals surface area contributed by atoms with Crippen LogP contribution in [0.5, 0.6) is 0 Å². The van der Waals surface area contributed by atoms with Crippen molar-refractivity contribution >= 4 is 18.0 Å². The van der Waals surface area contributed by atoms with Crippen molar-refractivity contribution in [3.8, 4) is 11.1 Å². The molecule has 0 radical (unpaired) electrons. The van der Waals surface area contributed by atoms with E-state index in [9.17, 15) is 19.5 Å². The Kier molecular flexibility index (Phi) is 7.43. The molecule has 7 heteroatoms. The minimum Gasteiger partial charge on any atom is -0.481 e. The van der Waals surface area contributed by atoms with E-state index in [4.69, 9.17) is 4.74 Å². The second-order valence-electron chi connectivity index (χ2n) is 9.90. The van der Waals surface area contributed by atoms with Gasteiger partial charge < -0.3 is 20.5 Å². The molecule has 2 aliphatic carbocycles. The van der Waals surface area contributed by atoms with Gasteiger partial charge in [0.05, 0.1) is 5.92 Å². The van der Waals surface area contributed by atoms with Crippen LogP contribution in [0.4, 0.5) is 4.79 Å². The number of amides is 2. The van der Waals surface area contributed by atoms with Crippen molar-refractivity contribution in [2.75, 3.05) is 6.61 Å². The molecule has 1 unspecified atom stereocenters. The number of aliphatic carboxylic acids is 1. The zero-order valence-electron chi connectivity index (χ0n) is 20.4. The van der Waals surface area contributed by atoms with E-state index < -0.39 is 23.5 Å². The fourth-order valence-corrected chi connectivity index (χ4v) is 5.48. The molecule has 0 saturated heterocycles. The number of hydrogen-bond acceptors (Lipinski definition) is 4. The van der Waals surface area contributed by atoms with Crippen LogP contribution in [-0.2, 0) is 14.3 Å². The molecule has 2 aromatic rings. The van der Waals surface area contributed by atoms with Gasteiger partial charge in [0.2, 0.25) is 5.91 Å². The van der Waals surface area contributed by atoms with Crippen LogP contribution < -0.4 is 10.6 Å². The molecular weight excluding hydrogens is 444 g/mol. The molecule has 186 valence electrons. The van der Waals surface area contributed by atoms with Gasteiger partial charge in [0, 0.05) is 12.0 Å². The fourth-order valence-electron chi connectivity index (χ4n) is 5.48. The van der Waals surface area contributed by atoms with Crippen LogP contribution >= 0.6 is 0 Å². The molecule has 0 heterocycles. The van der Waals surface area contributed by atoms with Gasteiger partial charge in [-0.15, -0.1) is 0 Å². The monoisotopic (exact) mass is 478 g/mol. The van der Waals surface area contributed by atoms with Crippen LogP contribution in [0, 0.1) is 5.92 Å². The van der Waals surface area contributed by atoms with Gasteiger partial charge in [0.25, 0.3) is 0 Å². The summed E-state index contributed by atoms with van der Waals surface area (Å²) >= 11 is 0. The van der Waals surface area contributed by atoms with Gasteiger partial charge in [-0.05, 0) is 54.9 Å². The third-order valence-electron chi connectivity index (χ3n) is 7.33. The maximum atomic E-state index is 13.2. The Morgan fingerprint density at radius 3 is 2.26 bits per heavy atom.